The zero-order chi connectivity index (χ0) is 22.0. The minimum absolute atomic E-state index is 0. The summed E-state index contributed by atoms with van der Waals surface area (Å²) in [4.78, 5) is 4.75. The van der Waals surface area contributed by atoms with E-state index in [1.165, 1.54) is 0 Å². The molecule has 2 rings (SSSR count). The van der Waals surface area contributed by atoms with E-state index in [2.05, 4.69) is 39.4 Å². The standard InChI is InChI=1S/C21H33N5O3S.HI/c1-5-17(6-2)20-14-18(29-26-20)15-24-21(22-7-3)23-12-13-25-30(27,28)19-10-8-16(4)9-11-19;/h8-11,14,17,25H,5-7,12-13,15H2,1-4H3,(H2,22,23,24);1H. The molecule has 0 saturated heterocycles. The lowest BCUT2D eigenvalue weighted by Crippen LogP contribution is -2.41. The Hall–Kier alpha value is -1.66. The highest BCUT2D eigenvalue weighted by Crippen LogP contribution is 2.22. The van der Waals surface area contributed by atoms with Crippen molar-refractivity contribution in [3.8, 4) is 0 Å². The fourth-order valence-electron chi connectivity index (χ4n) is 2.97. The highest BCUT2D eigenvalue weighted by Gasteiger charge is 2.14. The summed E-state index contributed by atoms with van der Waals surface area (Å²) >= 11 is 0. The molecule has 1 aromatic carbocycles. The topological polar surface area (TPSA) is 109 Å². The lowest BCUT2D eigenvalue weighted by atomic mass is 9.99. The molecule has 3 N–H and O–H groups in total. The SMILES string of the molecule is CCNC(=NCc1cc(C(CC)CC)no1)NCCNS(=O)(=O)c1ccc(C)cc1.I. The molecule has 10 heteroatoms. The molecule has 0 unspecified atom stereocenters. The highest BCUT2D eigenvalue weighted by atomic mass is 127. The largest absolute Gasteiger partial charge is 0.359 e. The summed E-state index contributed by atoms with van der Waals surface area (Å²) in [5.41, 5.74) is 1.98. The maximum atomic E-state index is 12.3. The van der Waals surface area contributed by atoms with Crippen molar-refractivity contribution in [2.45, 2.75) is 57.9 Å². The molecule has 0 saturated carbocycles. The first-order chi connectivity index (χ1) is 14.4. The van der Waals surface area contributed by atoms with Gasteiger partial charge in [0.2, 0.25) is 10.0 Å². The van der Waals surface area contributed by atoms with E-state index in [-0.39, 0.29) is 35.4 Å². The predicted octanol–water partition coefficient (Wildman–Crippen LogP) is 3.54. The van der Waals surface area contributed by atoms with Gasteiger partial charge in [0.05, 0.1) is 10.6 Å². The monoisotopic (exact) mass is 563 g/mol. The number of benzene rings is 1. The average molecular weight is 564 g/mol. The van der Waals surface area contributed by atoms with Gasteiger partial charge in [-0.05, 0) is 38.8 Å². The van der Waals surface area contributed by atoms with Crippen LogP contribution in [0.1, 0.15) is 56.5 Å². The Morgan fingerprint density at radius 1 is 1.10 bits per heavy atom. The maximum Gasteiger partial charge on any atom is 0.240 e. The van der Waals surface area contributed by atoms with Crippen LogP contribution >= 0.6 is 24.0 Å². The zero-order valence-corrected chi connectivity index (χ0v) is 21.8. The Labute approximate surface area is 202 Å². The van der Waals surface area contributed by atoms with E-state index in [1.807, 2.05) is 19.9 Å². The number of sulfonamides is 1. The van der Waals surface area contributed by atoms with Gasteiger partial charge in [0.15, 0.2) is 11.7 Å². The van der Waals surface area contributed by atoms with Crippen molar-refractivity contribution in [2.24, 2.45) is 4.99 Å². The molecule has 0 spiro atoms. The minimum Gasteiger partial charge on any atom is -0.359 e. The molecule has 1 aromatic heterocycles. The van der Waals surface area contributed by atoms with Crippen LogP contribution in [0.5, 0.6) is 0 Å². The fraction of sp³-hybridized carbons (Fsp3) is 0.524. The van der Waals surface area contributed by atoms with Gasteiger partial charge in [-0.1, -0.05) is 36.7 Å². The number of hydrogen-bond donors (Lipinski definition) is 3. The summed E-state index contributed by atoms with van der Waals surface area (Å²) < 4.78 is 32.6. The number of guanidine groups is 1. The van der Waals surface area contributed by atoms with Crippen LogP contribution in [-0.4, -0.2) is 39.2 Å². The molecule has 0 aliphatic heterocycles. The van der Waals surface area contributed by atoms with Crippen LogP contribution < -0.4 is 15.4 Å². The third kappa shape index (κ3) is 8.77. The highest BCUT2D eigenvalue weighted by molar-refractivity contribution is 14.0. The van der Waals surface area contributed by atoms with Crippen LogP contribution in [0.15, 0.2) is 44.7 Å². The molecule has 0 atom stereocenters. The van der Waals surface area contributed by atoms with Gasteiger partial charge in [0.25, 0.3) is 0 Å². The Bertz CT molecular complexity index is 909. The van der Waals surface area contributed by atoms with E-state index in [1.54, 1.807) is 24.3 Å². The van der Waals surface area contributed by atoms with Crippen LogP contribution in [0, 0.1) is 6.92 Å². The van der Waals surface area contributed by atoms with Gasteiger partial charge >= 0.3 is 0 Å². The summed E-state index contributed by atoms with van der Waals surface area (Å²) in [5, 5.41) is 10.4. The van der Waals surface area contributed by atoms with E-state index >= 15 is 0 Å². The lowest BCUT2D eigenvalue weighted by molar-refractivity contribution is 0.372. The Morgan fingerprint density at radius 3 is 2.39 bits per heavy atom. The van der Waals surface area contributed by atoms with Gasteiger partial charge in [-0.3, -0.25) is 0 Å². The van der Waals surface area contributed by atoms with Crippen LogP contribution in [0.25, 0.3) is 0 Å². The molecule has 0 aliphatic rings. The number of aliphatic imine (C=N–C) groups is 1. The van der Waals surface area contributed by atoms with Crippen molar-refractivity contribution >= 4 is 40.0 Å². The summed E-state index contributed by atoms with van der Waals surface area (Å²) in [6.07, 6.45) is 2.04. The van der Waals surface area contributed by atoms with Crippen LogP contribution in [0.4, 0.5) is 0 Å². The van der Waals surface area contributed by atoms with Gasteiger partial charge < -0.3 is 15.2 Å². The third-order valence-corrected chi connectivity index (χ3v) is 6.24. The molecule has 0 fully saturated rings. The third-order valence-electron chi connectivity index (χ3n) is 4.76. The van der Waals surface area contributed by atoms with Crippen LogP contribution in [0.2, 0.25) is 0 Å². The normalized spacial score (nSPS) is 12.0. The lowest BCUT2D eigenvalue weighted by Gasteiger charge is -2.12. The quantitative estimate of drug-likeness (QED) is 0.167. The van der Waals surface area contributed by atoms with Crippen molar-refractivity contribution in [1.82, 2.24) is 20.5 Å². The Kier molecular flexibility index (Phi) is 12.1. The number of halogens is 1. The zero-order valence-electron chi connectivity index (χ0n) is 18.6. The first-order valence-corrected chi connectivity index (χ1v) is 11.9. The summed E-state index contributed by atoms with van der Waals surface area (Å²) in [5.74, 6) is 1.70. The van der Waals surface area contributed by atoms with Gasteiger partial charge in [0, 0.05) is 31.6 Å². The number of nitrogens with one attached hydrogen (secondary N) is 3. The number of rotatable bonds is 11. The van der Waals surface area contributed by atoms with E-state index in [0.29, 0.717) is 37.3 Å². The van der Waals surface area contributed by atoms with Gasteiger partial charge in [-0.25, -0.2) is 18.1 Å². The summed E-state index contributed by atoms with van der Waals surface area (Å²) in [6, 6.07) is 8.72. The number of aromatic nitrogens is 1. The van der Waals surface area contributed by atoms with Crippen LogP contribution in [-0.2, 0) is 16.6 Å². The van der Waals surface area contributed by atoms with Gasteiger partial charge in [0.1, 0.15) is 6.54 Å². The fourth-order valence-corrected chi connectivity index (χ4v) is 4.00. The molecule has 174 valence electrons. The smallest absolute Gasteiger partial charge is 0.240 e. The molecule has 0 radical (unpaired) electrons. The molecular weight excluding hydrogens is 529 g/mol. The average Bonchev–Trinajstić information content (AvgIpc) is 3.19. The summed E-state index contributed by atoms with van der Waals surface area (Å²) in [6.45, 7) is 9.85. The van der Waals surface area contributed by atoms with E-state index in [0.717, 1.165) is 24.1 Å². The molecule has 0 bridgehead atoms. The Morgan fingerprint density at radius 2 is 1.77 bits per heavy atom. The first kappa shape index (κ1) is 27.4. The number of aryl methyl sites for hydroxylation is 1. The molecule has 31 heavy (non-hydrogen) atoms. The number of hydrogen-bond acceptors (Lipinski definition) is 5. The van der Waals surface area contributed by atoms with Crippen molar-refractivity contribution in [3.05, 3.63) is 47.3 Å². The predicted molar refractivity (Wildman–Crippen MR) is 134 cm³/mol. The second-order valence-electron chi connectivity index (χ2n) is 7.06. The van der Waals surface area contributed by atoms with E-state index < -0.39 is 10.0 Å². The molecule has 0 amide bonds. The minimum atomic E-state index is -3.53. The van der Waals surface area contributed by atoms with Crippen molar-refractivity contribution in [1.29, 1.82) is 0 Å². The second kappa shape index (κ2) is 13.7. The van der Waals surface area contributed by atoms with E-state index in [4.69, 9.17) is 4.52 Å². The molecule has 0 aliphatic carbocycles. The Balaban J connectivity index is 0.00000480. The van der Waals surface area contributed by atoms with Crippen molar-refractivity contribution in [3.63, 3.8) is 0 Å². The second-order valence-corrected chi connectivity index (χ2v) is 8.83. The van der Waals surface area contributed by atoms with Crippen molar-refractivity contribution < 1.29 is 12.9 Å². The molecular formula is C21H34IN5O3S. The summed E-state index contributed by atoms with van der Waals surface area (Å²) in [7, 11) is -3.53. The maximum absolute atomic E-state index is 12.3. The first-order valence-electron chi connectivity index (χ1n) is 10.4. The molecule has 2 aromatic rings. The molecule has 8 nitrogen and oxygen atoms in total. The van der Waals surface area contributed by atoms with Gasteiger partial charge in [-0.2, -0.15) is 0 Å². The number of nitrogens with zero attached hydrogens (tertiary/aromatic N) is 2. The van der Waals surface area contributed by atoms with Crippen molar-refractivity contribution in [2.75, 3.05) is 19.6 Å². The van der Waals surface area contributed by atoms with Crippen LogP contribution in [0.3, 0.4) is 0 Å². The van der Waals surface area contributed by atoms with E-state index in [9.17, 15) is 8.42 Å². The molecule has 1 heterocycles. The van der Waals surface area contributed by atoms with Gasteiger partial charge in [-0.15, -0.1) is 24.0 Å².